The van der Waals surface area contributed by atoms with Gasteiger partial charge in [-0.3, -0.25) is 9.59 Å². The van der Waals surface area contributed by atoms with E-state index in [1.807, 2.05) is 6.92 Å². The van der Waals surface area contributed by atoms with Crippen molar-refractivity contribution in [2.75, 3.05) is 32.8 Å². The maximum absolute atomic E-state index is 12.1. The second-order valence-electron chi connectivity index (χ2n) is 4.25. The van der Waals surface area contributed by atoms with Crippen LogP contribution in [-0.4, -0.2) is 59.5 Å². The zero-order chi connectivity index (χ0) is 14.0. The molecule has 2 amide bonds. The van der Waals surface area contributed by atoms with E-state index in [0.29, 0.717) is 19.6 Å². The standard InChI is InChI=1S/C13H26N2O3/c1-4-7-9-15(8-5-2)13(18)12(17)14(6-3)10-11-16/h16H,4-11H2,1-3H3. The Morgan fingerprint density at radius 2 is 1.50 bits per heavy atom. The lowest BCUT2D eigenvalue weighted by Gasteiger charge is -2.25. The normalized spacial score (nSPS) is 10.2. The van der Waals surface area contributed by atoms with Crippen LogP contribution in [0.4, 0.5) is 0 Å². The number of hydrogen-bond donors (Lipinski definition) is 1. The minimum atomic E-state index is -0.504. The Labute approximate surface area is 110 Å². The molecular weight excluding hydrogens is 232 g/mol. The third kappa shape index (κ3) is 5.49. The van der Waals surface area contributed by atoms with Crippen LogP contribution in [0.5, 0.6) is 0 Å². The fourth-order valence-corrected chi connectivity index (χ4v) is 1.73. The Balaban J connectivity index is 4.57. The molecule has 0 saturated carbocycles. The van der Waals surface area contributed by atoms with E-state index >= 15 is 0 Å². The number of carbonyl (C=O) groups is 2. The van der Waals surface area contributed by atoms with E-state index < -0.39 is 11.8 Å². The van der Waals surface area contributed by atoms with Crippen LogP contribution in [0.1, 0.15) is 40.0 Å². The molecule has 0 aliphatic rings. The van der Waals surface area contributed by atoms with Crippen molar-refractivity contribution >= 4 is 11.8 Å². The molecule has 1 N–H and O–H groups in total. The highest BCUT2D eigenvalue weighted by atomic mass is 16.3. The van der Waals surface area contributed by atoms with Gasteiger partial charge in [0, 0.05) is 26.2 Å². The van der Waals surface area contributed by atoms with Crippen LogP contribution in [0, 0.1) is 0 Å². The largest absolute Gasteiger partial charge is 0.395 e. The highest BCUT2D eigenvalue weighted by molar-refractivity contribution is 6.34. The van der Waals surface area contributed by atoms with Crippen molar-refractivity contribution in [3.63, 3.8) is 0 Å². The lowest BCUT2D eigenvalue weighted by Crippen LogP contribution is -2.46. The minimum absolute atomic E-state index is 0.115. The number of aliphatic hydroxyl groups excluding tert-OH is 1. The van der Waals surface area contributed by atoms with Gasteiger partial charge in [-0.2, -0.15) is 0 Å². The Morgan fingerprint density at radius 3 is 1.94 bits per heavy atom. The molecule has 0 fully saturated rings. The molecule has 5 nitrogen and oxygen atoms in total. The van der Waals surface area contributed by atoms with Gasteiger partial charge < -0.3 is 14.9 Å². The van der Waals surface area contributed by atoms with Crippen LogP contribution in [0.3, 0.4) is 0 Å². The molecule has 0 rings (SSSR count). The predicted octanol–water partition coefficient (Wildman–Crippen LogP) is 0.866. The summed E-state index contributed by atoms with van der Waals surface area (Å²) in [7, 11) is 0. The lowest BCUT2D eigenvalue weighted by atomic mass is 10.3. The van der Waals surface area contributed by atoms with Crippen molar-refractivity contribution in [1.82, 2.24) is 9.80 Å². The SMILES string of the molecule is CCCCN(CCC)C(=O)C(=O)N(CC)CCO. The number of hydrogen-bond acceptors (Lipinski definition) is 3. The summed E-state index contributed by atoms with van der Waals surface area (Å²) in [6.45, 7) is 7.63. The molecular formula is C13H26N2O3. The Morgan fingerprint density at radius 1 is 0.889 bits per heavy atom. The quantitative estimate of drug-likeness (QED) is 0.657. The van der Waals surface area contributed by atoms with Crippen LogP contribution in [0.25, 0.3) is 0 Å². The first-order valence-corrected chi connectivity index (χ1v) is 6.81. The fourth-order valence-electron chi connectivity index (χ4n) is 1.73. The Kier molecular flexibility index (Phi) is 9.28. The van der Waals surface area contributed by atoms with Gasteiger partial charge in [-0.05, 0) is 19.8 Å². The Hall–Kier alpha value is -1.10. The number of carbonyl (C=O) groups excluding carboxylic acids is 2. The van der Waals surface area contributed by atoms with Crippen molar-refractivity contribution in [2.45, 2.75) is 40.0 Å². The molecule has 0 unspecified atom stereocenters. The first-order valence-electron chi connectivity index (χ1n) is 6.81. The van der Waals surface area contributed by atoms with Crippen molar-refractivity contribution in [1.29, 1.82) is 0 Å². The molecule has 0 aliphatic carbocycles. The summed E-state index contributed by atoms with van der Waals surface area (Å²) in [6.07, 6.45) is 2.75. The first-order chi connectivity index (χ1) is 8.62. The van der Waals surface area contributed by atoms with Crippen molar-refractivity contribution in [3.05, 3.63) is 0 Å². The second-order valence-corrected chi connectivity index (χ2v) is 4.25. The topological polar surface area (TPSA) is 60.9 Å². The Bertz CT molecular complexity index is 257. The molecule has 0 radical (unpaired) electrons. The first kappa shape index (κ1) is 16.9. The molecule has 18 heavy (non-hydrogen) atoms. The van der Waals surface area contributed by atoms with Gasteiger partial charge >= 0.3 is 11.8 Å². The number of nitrogens with zero attached hydrogens (tertiary/aromatic N) is 2. The molecule has 0 bridgehead atoms. The zero-order valence-electron chi connectivity index (χ0n) is 11.8. The van der Waals surface area contributed by atoms with Gasteiger partial charge in [0.05, 0.1) is 6.61 Å². The number of likely N-dealkylation sites (N-methyl/N-ethyl adjacent to an activating group) is 1. The summed E-state index contributed by atoms with van der Waals surface area (Å²) >= 11 is 0. The van der Waals surface area contributed by atoms with Crippen LogP contribution >= 0.6 is 0 Å². The van der Waals surface area contributed by atoms with E-state index in [1.54, 1.807) is 11.8 Å². The monoisotopic (exact) mass is 258 g/mol. The average molecular weight is 258 g/mol. The van der Waals surface area contributed by atoms with Gasteiger partial charge in [0.15, 0.2) is 0 Å². The third-order valence-corrected chi connectivity index (χ3v) is 2.78. The smallest absolute Gasteiger partial charge is 0.312 e. The van der Waals surface area contributed by atoms with Gasteiger partial charge in [0.2, 0.25) is 0 Å². The second kappa shape index (κ2) is 9.88. The molecule has 0 heterocycles. The average Bonchev–Trinajstić information content (AvgIpc) is 2.39. The summed E-state index contributed by atoms with van der Waals surface area (Å²) in [5.41, 5.74) is 0. The summed E-state index contributed by atoms with van der Waals surface area (Å²) in [4.78, 5) is 27.0. The van der Waals surface area contributed by atoms with E-state index in [-0.39, 0.29) is 13.2 Å². The number of rotatable bonds is 8. The molecule has 106 valence electrons. The molecule has 0 saturated heterocycles. The molecule has 0 aromatic carbocycles. The summed E-state index contributed by atoms with van der Waals surface area (Å²) < 4.78 is 0. The molecule has 5 heteroatoms. The van der Waals surface area contributed by atoms with Gasteiger partial charge in [-0.25, -0.2) is 0 Å². The molecule has 0 aromatic heterocycles. The van der Waals surface area contributed by atoms with E-state index in [9.17, 15) is 9.59 Å². The van der Waals surface area contributed by atoms with E-state index in [0.717, 1.165) is 19.3 Å². The number of aliphatic hydroxyl groups is 1. The molecule has 0 aliphatic heterocycles. The molecule has 0 aromatic rings. The van der Waals surface area contributed by atoms with Crippen molar-refractivity contribution in [2.24, 2.45) is 0 Å². The summed E-state index contributed by atoms with van der Waals surface area (Å²) in [5.74, 6) is -0.947. The molecule has 0 atom stereocenters. The zero-order valence-corrected chi connectivity index (χ0v) is 11.8. The van der Waals surface area contributed by atoms with Gasteiger partial charge in [0.1, 0.15) is 0 Å². The van der Waals surface area contributed by atoms with Crippen LogP contribution in [0.15, 0.2) is 0 Å². The highest BCUT2D eigenvalue weighted by Gasteiger charge is 2.25. The van der Waals surface area contributed by atoms with Crippen LogP contribution < -0.4 is 0 Å². The van der Waals surface area contributed by atoms with E-state index in [4.69, 9.17) is 5.11 Å². The maximum atomic E-state index is 12.1. The van der Waals surface area contributed by atoms with Crippen LogP contribution in [-0.2, 0) is 9.59 Å². The van der Waals surface area contributed by atoms with Crippen LogP contribution in [0.2, 0.25) is 0 Å². The van der Waals surface area contributed by atoms with E-state index in [1.165, 1.54) is 4.90 Å². The van der Waals surface area contributed by atoms with Gasteiger partial charge in [-0.15, -0.1) is 0 Å². The number of amides is 2. The minimum Gasteiger partial charge on any atom is -0.395 e. The summed E-state index contributed by atoms with van der Waals surface area (Å²) in [5, 5.41) is 8.86. The lowest BCUT2D eigenvalue weighted by molar-refractivity contribution is -0.152. The van der Waals surface area contributed by atoms with Gasteiger partial charge in [-0.1, -0.05) is 20.3 Å². The van der Waals surface area contributed by atoms with E-state index in [2.05, 4.69) is 6.92 Å². The predicted molar refractivity (Wildman–Crippen MR) is 71.1 cm³/mol. The van der Waals surface area contributed by atoms with Crippen molar-refractivity contribution < 1.29 is 14.7 Å². The van der Waals surface area contributed by atoms with Crippen molar-refractivity contribution in [3.8, 4) is 0 Å². The fraction of sp³-hybridized carbons (Fsp3) is 0.846. The summed E-state index contributed by atoms with van der Waals surface area (Å²) in [6, 6.07) is 0. The third-order valence-electron chi connectivity index (χ3n) is 2.78. The van der Waals surface area contributed by atoms with Gasteiger partial charge in [0.25, 0.3) is 0 Å². The molecule has 0 spiro atoms. The maximum Gasteiger partial charge on any atom is 0.312 e. The highest BCUT2D eigenvalue weighted by Crippen LogP contribution is 2.01. The number of unbranched alkanes of at least 4 members (excludes halogenated alkanes) is 1.